The maximum absolute atomic E-state index is 13.8. The van der Waals surface area contributed by atoms with Crippen LogP contribution in [-0.4, -0.2) is 42.8 Å². The summed E-state index contributed by atoms with van der Waals surface area (Å²) in [6.45, 7) is -3.27. The Morgan fingerprint density at radius 2 is 2.32 bits per heavy atom. The van der Waals surface area contributed by atoms with Crippen molar-refractivity contribution in [1.82, 2.24) is 20.5 Å². The van der Waals surface area contributed by atoms with Crippen LogP contribution >= 0.6 is 15.9 Å². The molecule has 1 aromatic heterocycles. The number of aliphatic imine (C=N–C) groups is 1. The standard InChI is InChI=1S/C11H13BrFN7O4S/c12-7-5-6(1-2-8(7)13)17-11(18-21)9-10(20-24-19-9)15-3-4-16-25(14,22)23/h1-2,5,16,21H,3-4H2,(H,15,20)(H,17,18)(H2,14,22,23)/i1D,2D,4D2,5D. The van der Waals surface area contributed by atoms with Crippen LogP contribution in [0.5, 0.6) is 0 Å². The van der Waals surface area contributed by atoms with Crippen molar-refractivity contribution in [3.8, 4) is 0 Å². The van der Waals surface area contributed by atoms with Crippen molar-refractivity contribution in [2.24, 2.45) is 10.1 Å². The van der Waals surface area contributed by atoms with Crippen molar-refractivity contribution in [3.05, 3.63) is 34.1 Å². The molecule has 0 saturated heterocycles. The second-order valence-corrected chi connectivity index (χ2v) is 6.15. The first-order chi connectivity index (χ1) is 13.8. The highest BCUT2D eigenvalue weighted by atomic mass is 79.9. The van der Waals surface area contributed by atoms with Gasteiger partial charge in [0.05, 0.1) is 14.3 Å². The Labute approximate surface area is 156 Å². The van der Waals surface area contributed by atoms with Crippen molar-refractivity contribution in [1.29, 1.82) is 0 Å². The van der Waals surface area contributed by atoms with Gasteiger partial charge in [0, 0.05) is 15.8 Å². The van der Waals surface area contributed by atoms with E-state index in [-0.39, 0.29) is 11.5 Å². The first kappa shape index (κ1) is 13.1. The van der Waals surface area contributed by atoms with Crippen LogP contribution < -0.4 is 20.7 Å². The molecular weight excluding hydrogens is 425 g/mol. The number of amidine groups is 1. The fourth-order valence-corrected chi connectivity index (χ4v) is 1.94. The van der Waals surface area contributed by atoms with Gasteiger partial charge in [0.2, 0.25) is 5.82 Å². The minimum Gasteiger partial charge on any atom is -0.364 e. The average Bonchev–Trinajstić information content (AvgIpc) is 3.10. The topological polar surface area (TPSA) is 168 Å². The van der Waals surface area contributed by atoms with Gasteiger partial charge < -0.3 is 5.32 Å². The number of halogens is 2. The number of nitrogens with one attached hydrogen (secondary N) is 3. The molecule has 0 aliphatic heterocycles. The molecule has 25 heavy (non-hydrogen) atoms. The number of hydrogen-bond acceptors (Lipinski definition) is 8. The highest BCUT2D eigenvalue weighted by Crippen LogP contribution is 2.23. The van der Waals surface area contributed by atoms with Crippen molar-refractivity contribution in [2.75, 3.05) is 18.4 Å². The summed E-state index contributed by atoms with van der Waals surface area (Å²) in [5.74, 6) is -2.02. The molecule has 0 fully saturated rings. The normalized spacial score (nSPS) is 15.7. The number of aromatic nitrogens is 2. The summed E-state index contributed by atoms with van der Waals surface area (Å²) in [7, 11) is -4.36. The van der Waals surface area contributed by atoms with Gasteiger partial charge in [-0.15, -0.1) is 0 Å². The fraction of sp³-hybridized carbons (Fsp3) is 0.182. The van der Waals surface area contributed by atoms with E-state index in [0.29, 0.717) is 0 Å². The Morgan fingerprint density at radius 1 is 1.56 bits per heavy atom. The van der Waals surface area contributed by atoms with Gasteiger partial charge in [0.1, 0.15) is 5.82 Å². The Balaban J connectivity index is 2.40. The second kappa shape index (κ2) is 8.30. The van der Waals surface area contributed by atoms with Gasteiger partial charge in [-0.1, -0.05) is 0 Å². The van der Waals surface area contributed by atoms with E-state index in [1.54, 1.807) is 5.48 Å². The number of benzene rings is 1. The number of nitrogens with two attached hydrogens (primary N) is 1. The summed E-state index contributed by atoms with van der Waals surface area (Å²) in [4.78, 5) is 3.78. The third kappa shape index (κ3) is 5.71. The van der Waals surface area contributed by atoms with Crippen LogP contribution in [0, 0.1) is 5.82 Å². The number of rotatable bonds is 7. The molecule has 0 bridgehead atoms. The smallest absolute Gasteiger partial charge is 0.274 e. The third-order valence-corrected chi connectivity index (χ3v) is 3.29. The molecule has 0 unspecified atom stereocenters. The number of hydroxylamine groups is 1. The second-order valence-electron chi connectivity index (χ2n) is 4.06. The molecule has 6 N–H and O–H groups in total. The first-order valence-electron chi connectivity index (χ1n) is 8.59. The lowest BCUT2D eigenvalue weighted by Gasteiger charge is -2.06. The Morgan fingerprint density at radius 3 is 3.00 bits per heavy atom. The van der Waals surface area contributed by atoms with Gasteiger partial charge in [0.15, 0.2) is 11.5 Å². The van der Waals surface area contributed by atoms with Gasteiger partial charge in [0.25, 0.3) is 10.2 Å². The molecule has 0 amide bonds. The molecule has 1 heterocycles. The first-order valence-corrected chi connectivity index (χ1v) is 8.43. The quantitative estimate of drug-likeness (QED) is 0.230. The van der Waals surface area contributed by atoms with Crippen molar-refractivity contribution in [2.45, 2.75) is 0 Å². The minimum atomic E-state index is -4.36. The lowest BCUT2D eigenvalue weighted by atomic mass is 10.3. The van der Waals surface area contributed by atoms with Crippen LogP contribution in [0.4, 0.5) is 15.9 Å². The van der Waals surface area contributed by atoms with Crippen molar-refractivity contribution < 1.29 is 29.5 Å². The molecule has 0 atom stereocenters. The lowest BCUT2D eigenvalue weighted by molar-refractivity contribution is 0.234. The molecule has 11 nitrogen and oxygen atoms in total. The van der Waals surface area contributed by atoms with Crippen LogP contribution in [0.3, 0.4) is 0 Å². The van der Waals surface area contributed by atoms with Crippen LogP contribution in [0.1, 0.15) is 12.5 Å². The molecule has 14 heteroatoms. The van der Waals surface area contributed by atoms with Gasteiger partial charge in [-0.05, 0) is 44.4 Å². The van der Waals surface area contributed by atoms with E-state index < -0.39 is 63.2 Å². The number of anilines is 1. The largest absolute Gasteiger partial charge is 0.364 e. The Kier molecular flexibility index (Phi) is 4.36. The SMILES string of the molecule is [2H]c1c([2H])c(N=C(NO)c2nonc2NCC([2H])([2H])NS(N)(=O)=O)c([2H])c(Br)c1F. The van der Waals surface area contributed by atoms with E-state index in [1.807, 2.05) is 0 Å². The van der Waals surface area contributed by atoms with E-state index in [1.165, 1.54) is 4.72 Å². The molecule has 136 valence electrons. The average molecular weight is 443 g/mol. The lowest BCUT2D eigenvalue weighted by Crippen LogP contribution is -2.34. The third-order valence-electron chi connectivity index (χ3n) is 2.31. The zero-order chi connectivity index (χ0) is 22.9. The highest BCUT2D eigenvalue weighted by Gasteiger charge is 2.16. The van der Waals surface area contributed by atoms with Crippen molar-refractivity contribution in [3.63, 3.8) is 0 Å². The summed E-state index contributed by atoms with van der Waals surface area (Å²) in [6, 6.07) is -2.21. The summed E-state index contributed by atoms with van der Waals surface area (Å²) >= 11 is 2.78. The molecule has 0 aliphatic carbocycles. The van der Waals surface area contributed by atoms with Gasteiger partial charge >= 0.3 is 0 Å². The summed E-state index contributed by atoms with van der Waals surface area (Å²) < 4.78 is 79.6. The number of nitrogens with zero attached hydrogens (tertiary/aromatic N) is 3. The maximum atomic E-state index is 13.8. The summed E-state index contributed by atoms with van der Waals surface area (Å²) in [5, 5.41) is 23.3. The minimum absolute atomic E-state index is 0.319. The Bertz CT molecular complexity index is 1070. The zero-order valence-electron chi connectivity index (χ0n) is 17.0. The van der Waals surface area contributed by atoms with Crippen LogP contribution in [0.15, 0.2) is 32.2 Å². The van der Waals surface area contributed by atoms with Gasteiger partial charge in [-0.25, -0.2) is 23.9 Å². The molecule has 0 saturated carbocycles. The van der Waals surface area contributed by atoms with Gasteiger partial charge in [-0.3, -0.25) is 10.7 Å². The van der Waals surface area contributed by atoms with E-state index in [2.05, 4.69) is 41.2 Å². The van der Waals surface area contributed by atoms with E-state index >= 15 is 0 Å². The molecular formula is C11H13BrFN7O4S. The highest BCUT2D eigenvalue weighted by molar-refractivity contribution is 9.10. The predicted molar refractivity (Wildman–Crippen MR) is 89.1 cm³/mol. The number of hydrogen-bond donors (Lipinski definition) is 5. The zero-order valence-corrected chi connectivity index (χ0v) is 14.4. The molecule has 2 rings (SSSR count). The molecule has 0 spiro atoms. The van der Waals surface area contributed by atoms with Crippen LogP contribution in [0.2, 0.25) is 0 Å². The summed E-state index contributed by atoms with van der Waals surface area (Å²) in [5.41, 5.74) is 0.747. The monoisotopic (exact) mass is 442 g/mol. The van der Waals surface area contributed by atoms with E-state index in [9.17, 15) is 18.0 Å². The summed E-state index contributed by atoms with van der Waals surface area (Å²) in [6.07, 6.45) is 0. The molecule has 2 aromatic rings. The predicted octanol–water partition coefficient (Wildman–Crippen LogP) is 0.233. The van der Waals surface area contributed by atoms with Crippen LogP contribution in [-0.2, 0) is 10.2 Å². The van der Waals surface area contributed by atoms with E-state index in [4.69, 9.17) is 12.0 Å². The molecule has 1 aromatic carbocycles. The fourth-order valence-electron chi connectivity index (χ4n) is 1.38. The molecule has 0 aliphatic rings. The van der Waals surface area contributed by atoms with Gasteiger partial charge in [-0.2, -0.15) is 8.42 Å². The maximum Gasteiger partial charge on any atom is 0.274 e. The van der Waals surface area contributed by atoms with E-state index in [0.717, 1.165) is 0 Å². The molecule has 0 radical (unpaired) electrons. The van der Waals surface area contributed by atoms with Crippen molar-refractivity contribution >= 4 is 43.5 Å². The Hall–Kier alpha value is -2.13. The van der Waals surface area contributed by atoms with Crippen LogP contribution in [0.25, 0.3) is 0 Å².